The van der Waals surface area contributed by atoms with Crippen LogP contribution in [0.3, 0.4) is 0 Å². The number of ether oxygens (including phenoxy) is 1. The SMILES string of the molecule is COc1ccccc1Cn1cnc2c3cc(C)ccc3n(Cc3ccccc3Cl)c2c1=O. The maximum absolute atomic E-state index is 13.7. The Balaban J connectivity index is 1.74. The molecular weight excluding hydrogens is 422 g/mol. The molecule has 0 atom stereocenters. The third-order valence-corrected chi connectivity index (χ3v) is 6.17. The maximum atomic E-state index is 13.7. The fraction of sp³-hybridized carbons (Fsp3) is 0.154. The maximum Gasteiger partial charge on any atom is 0.278 e. The molecule has 0 amide bonds. The van der Waals surface area contributed by atoms with Gasteiger partial charge in [-0.15, -0.1) is 0 Å². The lowest BCUT2D eigenvalue weighted by molar-refractivity contribution is 0.408. The molecule has 0 saturated heterocycles. The lowest BCUT2D eigenvalue weighted by atomic mass is 10.1. The predicted molar refractivity (Wildman–Crippen MR) is 129 cm³/mol. The van der Waals surface area contributed by atoms with Crippen molar-refractivity contribution in [3.05, 3.63) is 105 Å². The number of methoxy groups -OCH3 is 1. The van der Waals surface area contributed by atoms with Crippen molar-refractivity contribution < 1.29 is 4.74 Å². The van der Waals surface area contributed by atoms with Crippen LogP contribution in [0.15, 0.2) is 77.9 Å². The van der Waals surface area contributed by atoms with Gasteiger partial charge in [0, 0.05) is 22.5 Å². The summed E-state index contributed by atoms with van der Waals surface area (Å²) in [5, 5.41) is 1.64. The van der Waals surface area contributed by atoms with Crippen molar-refractivity contribution in [1.82, 2.24) is 14.1 Å². The van der Waals surface area contributed by atoms with Crippen LogP contribution >= 0.6 is 11.6 Å². The van der Waals surface area contributed by atoms with E-state index in [0.717, 1.165) is 33.3 Å². The average Bonchev–Trinajstić information content (AvgIpc) is 3.11. The molecule has 0 aliphatic heterocycles. The van der Waals surface area contributed by atoms with Crippen LogP contribution in [0, 0.1) is 6.92 Å². The molecule has 0 spiro atoms. The van der Waals surface area contributed by atoms with Crippen LogP contribution in [0.2, 0.25) is 5.02 Å². The van der Waals surface area contributed by atoms with Gasteiger partial charge in [-0.05, 0) is 36.8 Å². The molecule has 6 heteroatoms. The molecule has 0 N–H and O–H groups in total. The summed E-state index contributed by atoms with van der Waals surface area (Å²) in [6.45, 7) is 2.90. The molecule has 3 aromatic carbocycles. The predicted octanol–water partition coefficient (Wildman–Crippen LogP) is 5.42. The highest BCUT2D eigenvalue weighted by atomic mass is 35.5. The summed E-state index contributed by atoms with van der Waals surface area (Å²) < 4.78 is 9.13. The molecule has 32 heavy (non-hydrogen) atoms. The second-order valence-electron chi connectivity index (χ2n) is 7.88. The second kappa shape index (κ2) is 8.17. The summed E-state index contributed by atoms with van der Waals surface area (Å²) in [7, 11) is 1.63. The third kappa shape index (κ3) is 3.45. The Morgan fingerprint density at radius 3 is 2.50 bits per heavy atom. The first kappa shape index (κ1) is 20.3. The molecule has 2 aromatic heterocycles. The number of aromatic nitrogens is 3. The van der Waals surface area contributed by atoms with Gasteiger partial charge in [0.2, 0.25) is 0 Å². The lowest BCUT2D eigenvalue weighted by Gasteiger charge is -2.12. The molecule has 0 aliphatic carbocycles. The second-order valence-corrected chi connectivity index (χ2v) is 8.29. The van der Waals surface area contributed by atoms with Gasteiger partial charge in [0.1, 0.15) is 16.8 Å². The van der Waals surface area contributed by atoms with Crippen molar-refractivity contribution in [1.29, 1.82) is 0 Å². The van der Waals surface area contributed by atoms with Crippen molar-refractivity contribution in [2.24, 2.45) is 0 Å². The Bertz CT molecular complexity index is 1520. The van der Waals surface area contributed by atoms with Gasteiger partial charge < -0.3 is 9.30 Å². The molecule has 0 radical (unpaired) electrons. The van der Waals surface area contributed by atoms with Crippen molar-refractivity contribution in [3.63, 3.8) is 0 Å². The van der Waals surface area contributed by atoms with Crippen LogP contribution in [0.5, 0.6) is 5.75 Å². The first-order valence-electron chi connectivity index (χ1n) is 10.4. The summed E-state index contributed by atoms with van der Waals surface area (Å²) in [6, 6.07) is 21.6. The fourth-order valence-electron chi connectivity index (χ4n) is 4.21. The Hall–Kier alpha value is -3.57. The number of para-hydroxylation sites is 1. The Morgan fingerprint density at radius 2 is 1.72 bits per heavy atom. The van der Waals surface area contributed by atoms with E-state index in [9.17, 15) is 4.79 Å². The van der Waals surface area contributed by atoms with E-state index in [0.29, 0.717) is 29.1 Å². The minimum absolute atomic E-state index is 0.0955. The van der Waals surface area contributed by atoms with Crippen molar-refractivity contribution >= 4 is 33.5 Å². The van der Waals surface area contributed by atoms with E-state index in [-0.39, 0.29) is 5.56 Å². The summed E-state index contributed by atoms with van der Waals surface area (Å²) in [5.74, 6) is 0.742. The van der Waals surface area contributed by atoms with E-state index in [1.54, 1.807) is 18.0 Å². The van der Waals surface area contributed by atoms with Gasteiger partial charge in [0.25, 0.3) is 5.56 Å². The standard InChI is InChI=1S/C26H22ClN3O2/c1-17-11-12-22-20(13-17)24-25(30(22)15-18-7-3-5-9-21(18)27)26(31)29(16-28-24)14-19-8-4-6-10-23(19)32-2/h3-13,16H,14-15H2,1-2H3. The van der Waals surface area contributed by atoms with Crippen LogP contribution in [0.1, 0.15) is 16.7 Å². The van der Waals surface area contributed by atoms with Crippen LogP contribution in [-0.2, 0) is 13.1 Å². The highest BCUT2D eigenvalue weighted by Crippen LogP contribution is 2.29. The van der Waals surface area contributed by atoms with E-state index < -0.39 is 0 Å². The minimum atomic E-state index is -0.0955. The van der Waals surface area contributed by atoms with Gasteiger partial charge in [0.15, 0.2) is 0 Å². The normalized spacial score (nSPS) is 11.3. The molecule has 0 unspecified atom stereocenters. The molecule has 5 rings (SSSR count). The first-order chi connectivity index (χ1) is 15.6. The number of nitrogens with zero attached hydrogens (tertiary/aromatic N) is 3. The zero-order valence-electron chi connectivity index (χ0n) is 17.9. The highest BCUT2D eigenvalue weighted by molar-refractivity contribution is 6.31. The number of hydrogen-bond donors (Lipinski definition) is 0. The van der Waals surface area contributed by atoms with Gasteiger partial charge >= 0.3 is 0 Å². The van der Waals surface area contributed by atoms with E-state index >= 15 is 0 Å². The number of halogens is 1. The zero-order valence-corrected chi connectivity index (χ0v) is 18.6. The molecule has 160 valence electrons. The molecule has 5 nitrogen and oxygen atoms in total. The lowest BCUT2D eigenvalue weighted by Crippen LogP contribution is -2.23. The van der Waals surface area contributed by atoms with Gasteiger partial charge in [0.05, 0.1) is 25.5 Å². The van der Waals surface area contributed by atoms with E-state index in [1.165, 1.54) is 0 Å². The minimum Gasteiger partial charge on any atom is -0.496 e. The first-order valence-corrected chi connectivity index (χ1v) is 10.8. The van der Waals surface area contributed by atoms with E-state index in [1.807, 2.05) is 66.1 Å². The van der Waals surface area contributed by atoms with E-state index in [2.05, 4.69) is 12.1 Å². The molecule has 0 bridgehead atoms. The number of aryl methyl sites for hydroxylation is 1. The number of benzene rings is 3. The Morgan fingerprint density at radius 1 is 0.969 bits per heavy atom. The average molecular weight is 444 g/mol. The number of hydrogen-bond acceptors (Lipinski definition) is 3. The Kier molecular flexibility index (Phi) is 5.19. The van der Waals surface area contributed by atoms with Crippen LogP contribution in [0.4, 0.5) is 0 Å². The summed E-state index contributed by atoms with van der Waals surface area (Å²) in [4.78, 5) is 18.4. The number of fused-ring (bicyclic) bond motifs is 3. The third-order valence-electron chi connectivity index (χ3n) is 5.80. The highest BCUT2D eigenvalue weighted by Gasteiger charge is 2.18. The smallest absolute Gasteiger partial charge is 0.278 e. The quantitative estimate of drug-likeness (QED) is 0.364. The van der Waals surface area contributed by atoms with Crippen LogP contribution in [0.25, 0.3) is 21.9 Å². The van der Waals surface area contributed by atoms with Gasteiger partial charge in [-0.2, -0.15) is 0 Å². The topological polar surface area (TPSA) is 49.0 Å². The molecule has 2 heterocycles. The van der Waals surface area contributed by atoms with Gasteiger partial charge in [-0.1, -0.05) is 59.6 Å². The van der Waals surface area contributed by atoms with Gasteiger partial charge in [-0.25, -0.2) is 4.98 Å². The number of rotatable bonds is 5. The van der Waals surface area contributed by atoms with Crippen LogP contribution in [-0.4, -0.2) is 21.2 Å². The molecule has 5 aromatic rings. The van der Waals surface area contributed by atoms with Crippen LogP contribution < -0.4 is 10.3 Å². The summed E-state index contributed by atoms with van der Waals surface area (Å²) in [5.41, 5.74) is 5.14. The largest absolute Gasteiger partial charge is 0.496 e. The fourth-order valence-corrected chi connectivity index (χ4v) is 4.40. The molecule has 0 aliphatic rings. The van der Waals surface area contributed by atoms with Gasteiger partial charge in [-0.3, -0.25) is 9.36 Å². The zero-order chi connectivity index (χ0) is 22.2. The molecule has 0 saturated carbocycles. The molecule has 0 fully saturated rings. The van der Waals surface area contributed by atoms with Crippen molar-refractivity contribution in [3.8, 4) is 5.75 Å². The summed E-state index contributed by atoms with van der Waals surface area (Å²) >= 11 is 6.45. The van der Waals surface area contributed by atoms with E-state index in [4.69, 9.17) is 21.3 Å². The Labute approximate surface area is 190 Å². The van der Waals surface area contributed by atoms with Crippen molar-refractivity contribution in [2.45, 2.75) is 20.0 Å². The summed E-state index contributed by atoms with van der Waals surface area (Å²) in [6.07, 6.45) is 1.62. The molecular formula is C26H22ClN3O2. The monoisotopic (exact) mass is 443 g/mol. The van der Waals surface area contributed by atoms with Crippen molar-refractivity contribution in [2.75, 3.05) is 7.11 Å².